The number of nitriles is 1. The summed E-state index contributed by atoms with van der Waals surface area (Å²) in [5, 5.41) is 19.1. The summed E-state index contributed by atoms with van der Waals surface area (Å²) in [6.07, 6.45) is 4.17. The molecule has 0 aliphatic heterocycles. The van der Waals surface area contributed by atoms with Crippen LogP contribution in [0, 0.1) is 29.9 Å². The molecule has 0 aliphatic carbocycles. The zero-order chi connectivity index (χ0) is 43.4. The Kier molecular flexibility index (Phi) is 18.4. The van der Waals surface area contributed by atoms with E-state index in [1.807, 2.05) is 70.0 Å². The molecule has 308 valence electrons. The second-order valence-corrected chi connectivity index (χ2v) is 13.8. The first-order valence-electron chi connectivity index (χ1n) is 19.3. The molecule has 0 aliphatic rings. The van der Waals surface area contributed by atoms with Crippen LogP contribution in [0.3, 0.4) is 0 Å². The first-order valence-corrected chi connectivity index (χ1v) is 19.3. The van der Waals surface area contributed by atoms with Crippen LogP contribution in [0.5, 0.6) is 0 Å². The maximum absolute atomic E-state index is 13.2. The van der Waals surface area contributed by atoms with Crippen molar-refractivity contribution < 1.29 is 33.7 Å². The standard InChI is InChI=1S/C46H52N6O7/c1-9-51(10-2)39-21-15-34(16-22-39)27-37(30-47)43(54)57-31-46(5,32-58-44(55)41(48-6)28-35-13-19-38(20-14-35)50(8)25-26-53)33-59-45(56)42(49-7)29-36-17-23-40(24-18-36)52(11-3)12-4/h13-24,27-29,53H,9-12,25-26,31-33H2,1-5,8H3/b37-27+,41-28-,42-29-. The molecule has 13 heteroatoms. The number of nitrogens with zero attached hydrogens (tertiary/aromatic N) is 6. The fraction of sp³-hybridized carbons (Fsp3) is 0.348. The number of hydrogen-bond donors (Lipinski definition) is 1. The molecule has 13 nitrogen and oxygen atoms in total. The molecular weight excluding hydrogens is 749 g/mol. The van der Waals surface area contributed by atoms with Crippen LogP contribution in [0.25, 0.3) is 27.9 Å². The van der Waals surface area contributed by atoms with E-state index in [9.17, 15) is 24.8 Å². The van der Waals surface area contributed by atoms with Gasteiger partial charge in [-0.25, -0.2) is 14.5 Å². The zero-order valence-electron chi connectivity index (χ0n) is 34.6. The smallest absolute Gasteiger partial charge is 0.348 e. The van der Waals surface area contributed by atoms with Crippen molar-refractivity contribution in [3.05, 3.63) is 129 Å². The molecule has 0 spiro atoms. The normalized spacial score (nSPS) is 12.5. The van der Waals surface area contributed by atoms with E-state index >= 15 is 0 Å². The molecule has 0 amide bonds. The van der Waals surface area contributed by atoms with Gasteiger partial charge in [-0.1, -0.05) is 36.4 Å². The minimum Gasteiger partial charge on any atom is -0.470 e. The average Bonchev–Trinajstić information content (AvgIpc) is 3.26. The molecule has 3 aromatic rings. The number of likely N-dealkylation sites (N-methyl/N-ethyl adjacent to an activating group) is 1. The van der Waals surface area contributed by atoms with Crippen molar-refractivity contribution in [1.29, 1.82) is 5.26 Å². The minimum atomic E-state index is -1.38. The third-order valence-corrected chi connectivity index (χ3v) is 9.39. The lowest BCUT2D eigenvalue weighted by Gasteiger charge is -2.28. The summed E-state index contributed by atoms with van der Waals surface area (Å²) in [7, 11) is 1.82. The first-order chi connectivity index (χ1) is 28.4. The van der Waals surface area contributed by atoms with E-state index in [1.54, 1.807) is 55.5 Å². The number of hydrogen-bond acceptors (Lipinski definition) is 11. The maximum atomic E-state index is 13.2. The Morgan fingerprint density at radius 1 is 0.661 bits per heavy atom. The molecule has 0 saturated carbocycles. The summed E-state index contributed by atoms with van der Waals surface area (Å²) in [5.41, 5.74) is 2.30. The molecule has 0 heterocycles. The summed E-state index contributed by atoms with van der Waals surface area (Å²) in [6.45, 7) is 27.3. The van der Waals surface area contributed by atoms with Gasteiger partial charge in [-0.3, -0.25) is 9.59 Å². The second kappa shape index (κ2) is 23.4. The van der Waals surface area contributed by atoms with Crippen LogP contribution in [0.15, 0.2) is 89.8 Å². The van der Waals surface area contributed by atoms with Crippen molar-refractivity contribution in [2.75, 3.05) is 80.9 Å². The Morgan fingerprint density at radius 3 is 1.36 bits per heavy atom. The van der Waals surface area contributed by atoms with E-state index in [-0.39, 0.29) is 23.6 Å². The number of aliphatic hydroxyl groups excluding tert-OH is 1. The first kappa shape index (κ1) is 46.5. The van der Waals surface area contributed by atoms with Crippen LogP contribution in [0.1, 0.15) is 51.3 Å². The molecule has 3 rings (SSSR count). The van der Waals surface area contributed by atoms with Gasteiger partial charge in [0.1, 0.15) is 31.5 Å². The van der Waals surface area contributed by atoms with Gasteiger partial charge in [-0.05, 0) is 106 Å². The van der Waals surface area contributed by atoms with Crippen LogP contribution >= 0.6 is 0 Å². The average molecular weight is 801 g/mol. The molecule has 1 N–H and O–H groups in total. The molecule has 0 radical (unpaired) electrons. The van der Waals surface area contributed by atoms with Crippen LogP contribution in [0.2, 0.25) is 0 Å². The number of benzene rings is 3. The fourth-order valence-corrected chi connectivity index (χ4v) is 5.81. The number of aliphatic hydroxyl groups is 1. The number of anilines is 3. The summed E-state index contributed by atoms with van der Waals surface area (Å²) in [4.78, 5) is 52.6. The van der Waals surface area contributed by atoms with Gasteiger partial charge in [0.2, 0.25) is 0 Å². The third-order valence-electron chi connectivity index (χ3n) is 9.39. The molecule has 1 atom stereocenters. The minimum absolute atomic E-state index is 0.0194. The molecular formula is C46H52N6O7. The highest BCUT2D eigenvalue weighted by molar-refractivity contribution is 5.98. The van der Waals surface area contributed by atoms with Crippen LogP contribution in [-0.4, -0.2) is 89.2 Å². The molecule has 0 fully saturated rings. The van der Waals surface area contributed by atoms with E-state index in [1.165, 1.54) is 18.2 Å². The van der Waals surface area contributed by atoms with Crippen molar-refractivity contribution in [3.8, 4) is 6.07 Å². The monoisotopic (exact) mass is 800 g/mol. The van der Waals surface area contributed by atoms with E-state index in [2.05, 4.69) is 19.5 Å². The van der Waals surface area contributed by atoms with Crippen LogP contribution in [0.4, 0.5) is 17.1 Å². The topological polar surface area (TPSA) is 141 Å². The number of rotatable bonds is 21. The van der Waals surface area contributed by atoms with Crippen LogP contribution < -0.4 is 14.7 Å². The van der Waals surface area contributed by atoms with Gasteiger partial charge in [0.15, 0.2) is 0 Å². The Bertz CT molecular complexity index is 2000. The van der Waals surface area contributed by atoms with Crippen molar-refractivity contribution in [2.45, 2.75) is 34.6 Å². The third kappa shape index (κ3) is 13.9. The van der Waals surface area contributed by atoms with Crippen molar-refractivity contribution >= 4 is 53.2 Å². The SMILES string of the molecule is [C-]#[N+]/C(=C\c1ccc(N(C)CCO)cc1)C(=O)OCC(C)(COC(=O)/C(=C/c1ccc(N(CC)CC)cc1)[N+]#[C-])COC(=O)/C(C#N)=C/c1ccc(N(CC)CC)cc1. The van der Waals surface area contributed by atoms with Crippen molar-refractivity contribution in [2.24, 2.45) is 5.41 Å². The Morgan fingerprint density at radius 2 is 1.02 bits per heavy atom. The van der Waals surface area contributed by atoms with Gasteiger partial charge in [0, 0.05) is 56.8 Å². The molecule has 3 aromatic carbocycles. The molecule has 0 aromatic heterocycles. The Balaban J connectivity index is 1.84. The van der Waals surface area contributed by atoms with Gasteiger partial charge in [0.05, 0.1) is 25.2 Å². The quantitative estimate of drug-likeness (QED) is 0.0382. The molecule has 1 unspecified atom stereocenters. The van der Waals surface area contributed by atoms with Gasteiger partial charge >= 0.3 is 17.9 Å². The summed E-state index contributed by atoms with van der Waals surface area (Å²) < 4.78 is 16.7. The number of carbonyl (C=O) groups is 3. The highest BCUT2D eigenvalue weighted by Crippen LogP contribution is 2.24. The summed E-state index contributed by atoms with van der Waals surface area (Å²) >= 11 is 0. The molecule has 59 heavy (non-hydrogen) atoms. The lowest BCUT2D eigenvalue weighted by Crippen LogP contribution is -2.37. The zero-order valence-corrected chi connectivity index (χ0v) is 34.6. The molecule has 0 saturated heterocycles. The Labute approximate surface area is 347 Å². The van der Waals surface area contributed by atoms with Gasteiger partial charge < -0.3 is 34.0 Å². The van der Waals surface area contributed by atoms with Gasteiger partial charge in [-0.15, -0.1) is 0 Å². The Hall–Kier alpha value is -6.88. The summed E-state index contributed by atoms with van der Waals surface area (Å²) in [5.74, 6) is -2.86. The highest BCUT2D eigenvalue weighted by Gasteiger charge is 2.32. The lowest BCUT2D eigenvalue weighted by atomic mass is 9.94. The van der Waals surface area contributed by atoms with Crippen molar-refractivity contribution in [1.82, 2.24) is 0 Å². The van der Waals surface area contributed by atoms with Crippen molar-refractivity contribution in [3.63, 3.8) is 0 Å². The van der Waals surface area contributed by atoms with E-state index in [4.69, 9.17) is 27.4 Å². The predicted molar refractivity (Wildman–Crippen MR) is 231 cm³/mol. The summed E-state index contributed by atoms with van der Waals surface area (Å²) in [6, 6.07) is 23.6. The second-order valence-electron chi connectivity index (χ2n) is 13.8. The molecule has 0 bridgehead atoms. The highest BCUT2D eigenvalue weighted by atomic mass is 16.6. The van der Waals surface area contributed by atoms with Gasteiger partial charge in [-0.2, -0.15) is 5.26 Å². The van der Waals surface area contributed by atoms with E-state index in [0.717, 1.165) is 43.2 Å². The number of carbonyl (C=O) groups excluding carboxylic acids is 3. The number of esters is 3. The maximum Gasteiger partial charge on any atom is 0.348 e. The lowest BCUT2D eigenvalue weighted by molar-refractivity contribution is -0.155. The van der Waals surface area contributed by atoms with Crippen LogP contribution in [-0.2, 0) is 28.6 Å². The predicted octanol–water partition coefficient (Wildman–Crippen LogP) is 7.27. The fourth-order valence-electron chi connectivity index (χ4n) is 5.81. The largest absolute Gasteiger partial charge is 0.470 e. The number of ether oxygens (including phenoxy) is 3. The van der Waals surface area contributed by atoms with Gasteiger partial charge in [0.25, 0.3) is 11.4 Å². The van der Waals surface area contributed by atoms with E-state index < -0.39 is 43.1 Å². The van der Waals surface area contributed by atoms with E-state index in [0.29, 0.717) is 23.2 Å².